The zero-order valence-corrected chi connectivity index (χ0v) is 21.7. The molecular weight excluding hydrogens is 580 g/mol. The van der Waals surface area contributed by atoms with Crippen molar-refractivity contribution in [2.24, 2.45) is 0 Å². The molecule has 0 spiro atoms. The van der Waals surface area contributed by atoms with Crippen LogP contribution in [0.1, 0.15) is 22.8 Å². The second-order valence-electron chi connectivity index (χ2n) is 7.10. The second-order valence-corrected chi connectivity index (χ2v) is 9.41. The summed E-state index contributed by atoms with van der Waals surface area (Å²) in [5, 5.41) is 10.9. The number of amides is 3. The monoisotopic (exact) mass is 596 g/mol. The molecule has 36 heavy (non-hydrogen) atoms. The number of carboxylic acids is 1. The van der Waals surface area contributed by atoms with Crippen LogP contribution in [0.25, 0.3) is 6.08 Å². The van der Waals surface area contributed by atoms with Crippen molar-refractivity contribution in [2.75, 3.05) is 25.1 Å². The smallest absolute Gasteiger partial charge is 0.341 e. The summed E-state index contributed by atoms with van der Waals surface area (Å²) in [6.07, 6.45) is 1.38. The number of aliphatic carboxylic acids is 1. The number of rotatable bonds is 9. The van der Waals surface area contributed by atoms with Gasteiger partial charge in [-0.15, -0.1) is 0 Å². The Morgan fingerprint density at radius 1 is 1.19 bits per heavy atom. The Morgan fingerprint density at radius 2 is 1.94 bits per heavy atom. The highest BCUT2D eigenvalue weighted by molar-refractivity contribution is 9.10. The van der Waals surface area contributed by atoms with E-state index in [1.54, 1.807) is 19.1 Å². The molecule has 0 unspecified atom stereocenters. The summed E-state index contributed by atoms with van der Waals surface area (Å²) < 4.78 is 10.8. The molecule has 1 aliphatic rings. The Balaban J connectivity index is 1.74. The summed E-state index contributed by atoms with van der Waals surface area (Å²) in [6, 6.07) is 8.95. The number of carbonyl (C=O) groups excluding carboxylic acids is 4. The molecule has 0 aliphatic carbocycles. The lowest BCUT2D eigenvalue weighted by atomic mass is 10.2. The first kappa shape index (κ1) is 27.2. The van der Waals surface area contributed by atoms with E-state index in [1.165, 1.54) is 30.3 Å². The number of hydrogen-bond donors (Lipinski definition) is 2. The molecule has 0 atom stereocenters. The van der Waals surface area contributed by atoms with Gasteiger partial charge in [-0.05, 0) is 61.2 Å². The van der Waals surface area contributed by atoms with Gasteiger partial charge >= 0.3 is 11.9 Å². The first-order valence-electron chi connectivity index (χ1n) is 10.2. The van der Waals surface area contributed by atoms with E-state index in [1.807, 2.05) is 0 Å². The Morgan fingerprint density at radius 3 is 2.64 bits per heavy atom. The standard InChI is InChI=1S/C23H18BrClN2O8S/c1-2-34-22(32)15-9-14(4-5-16(15)25)26-19(28)10-27-21(31)18(36-23(27)33)8-12-7-13(24)3-6-17(12)35-11-20(29)30/h3-9H,2,10-11H2,1H3,(H,26,28)(H,29,30)/b18-8+. The number of benzene rings is 2. The maximum atomic E-state index is 12.8. The SMILES string of the molecule is CCOC(=O)c1cc(NC(=O)CN2C(=O)S/C(=C/c3cc(Br)ccc3OCC(=O)O)C2=O)ccc1Cl. The lowest BCUT2D eigenvalue weighted by Crippen LogP contribution is -2.36. The van der Waals surface area contributed by atoms with E-state index < -0.39 is 42.1 Å². The first-order chi connectivity index (χ1) is 17.1. The molecule has 1 aliphatic heterocycles. The maximum Gasteiger partial charge on any atom is 0.341 e. The van der Waals surface area contributed by atoms with Gasteiger partial charge in [0.25, 0.3) is 11.1 Å². The number of anilines is 1. The molecule has 0 radical (unpaired) electrons. The van der Waals surface area contributed by atoms with Crippen LogP contribution in [0.2, 0.25) is 5.02 Å². The molecule has 2 aromatic carbocycles. The number of esters is 1. The molecule has 1 fully saturated rings. The van der Waals surface area contributed by atoms with Crippen molar-refractivity contribution in [3.63, 3.8) is 0 Å². The molecule has 0 bridgehead atoms. The zero-order chi connectivity index (χ0) is 26.4. The lowest BCUT2D eigenvalue weighted by molar-refractivity contribution is -0.139. The molecule has 0 aromatic heterocycles. The van der Waals surface area contributed by atoms with Crippen LogP contribution in [-0.4, -0.2) is 58.8 Å². The van der Waals surface area contributed by atoms with Crippen LogP contribution in [0.3, 0.4) is 0 Å². The van der Waals surface area contributed by atoms with E-state index in [0.29, 0.717) is 21.8 Å². The lowest BCUT2D eigenvalue weighted by Gasteiger charge is -2.13. The van der Waals surface area contributed by atoms with E-state index in [2.05, 4.69) is 21.2 Å². The Kier molecular flexibility index (Phi) is 9.13. The quantitative estimate of drug-likeness (QED) is 0.318. The number of nitrogens with one attached hydrogen (secondary N) is 1. The van der Waals surface area contributed by atoms with Gasteiger partial charge in [-0.2, -0.15) is 0 Å². The fraction of sp³-hybridized carbons (Fsp3) is 0.174. The normalized spacial score (nSPS) is 14.2. The highest BCUT2D eigenvalue weighted by Gasteiger charge is 2.36. The fourth-order valence-corrected chi connectivity index (χ4v) is 4.40. The minimum absolute atomic E-state index is 0.0298. The number of hydrogen-bond acceptors (Lipinski definition) is 8. The molecular formula is C23H18BrClN2O8S. The Labute approximate surface area is 222 Å². The van der Waals surface area contributed by atoms with Gasteiger partial charge in [-0.3, -0.25) is 19.3 Å². The topological polar surface area (TPSA) is 139 Å². The van der Waals surface area contributed by atoms with Gasteiger partial charge in [-0.25, -0.2) is 9.59 Å². The van der Waals surface area contributed by atoms with Gasteiger partial charge in [0.2, 0.25) is 5.91 Å². The molecule has 0 saturated carbocycles. The highest BCUT2D eigenvalue weighted by Crippen LogP contribution is 2.35. The van der Waals surface area contributed by atoms with E-state index in [-0.39, 0.29) is 33.5 Å². The summed E-state index contributed by atoms with van der Waals surface area (Å²) >= 11 is 9.94. The number of carbonyl (C=O) groups is 5. The van der Waals surface area contributed by atoms with Crippen LogP contribution in [-0.2, 0) is 19.1 Å². The van der Waals surface area contributed by atoms with Crippen molar-refractivity contribution in [2.45, 2.75) is 6.92 Å². The van der Waals surface area contributed by atoms with E-state index >= 15 is 0 Å². The van der Waals surface area contributed by atoms with Gasteiger partial charge in [0, 0.05) is 15.7 Å². The third kappa shape index (κ3) is 6.86. The van der Waals surface area contributed by atoms with Crippen molar-refractivity contribution >= 4 is 80.0 Å². The van der Waals surface area contributed by atoms with Crippen molar-refractivity contribution in [3.8, 4) is 5.75 Å². The third-order valence-electron chi connectivity index (χ3n) is 4.53. The Bertz CT molecular complexity index is 1280. The molecule has 2 N–H and O–H groups in total. The predicted molar refractivity (Wildman–Crippen MR) is 136 cm³/mol. The van der Waals surface area contributed by atoms with Crippen molar-refractivity contribution in [1.82, 2.24) is 4.90 Å². The maximum absolute atomic E-state index is 12.8. The van der Waals surface area contributed by atoms with Crippen LogP contribution in [0.15, 0.2) is 45.8 Å². The van der Waals surface area contributed by atoms with E-state index in [4.69, 9.17) is 26.2 Å². The summed E-state index contributed by atoms with van der Waals surface area (Å²) in [4.78, 5) is 61.5. The summed E-state index contributed by atoms with van der Waals surface area (Å²) in [5.41, 5.74) is 0.651. The molecule has 10 nitrogen and oxygen atoms in total. The average Bonchev–Trinajstić information content (AvgIpc) is 3.07. The van der Waals surface area contributed by atoms with Crippen LogP contribution in [0, 0.1) is 0 Å². The van der Waals surface area contributed by atoms with Gasteiger partial charge in [-0.1, -0.05) is 27.5 Å². The summed E-state index contributed by atoms with van der Waals surface area (Å²) in [6.45, 7) is 0.626. The fourth-order valence-electron chi connectivity index (χ4n) is 2.99. The van der Waals surface area contributed by atoms with E-state index in [0.717, 1.165) is 4.90 Å². The summed E-state index contributed by atoms with van der Waals surface area (Å²) in [7, 11) is 0. The van der Waals surface area contributed by atoms with E-state index in [9.17, 15) is 24.0 Å². The number of ether oxygens (including phenoxy) is 2. The van der Waals surface area contributed by atoms with Gasteiger partial charge in [0.05, 0.1) is 22.1 Å². The van der Waals surface area contributed by atoms with Gasteiger partial charge in [0.15, 0.2) is 6.61 Å². The van der Waals surface area contributed by atoms with Crippen LogP contribution in [0.4, 0.5) is 10.5 Å². The molecule has 3 amide bonds. The van der Waals surface area contributed by atoms with Crippen molar-refractivity contribution in [3.05, 3.63) is 61.9 Å². The van der Waals surface area contributed by atoms with Crippen molar-refractivity contribution in [1.29, 1.82) is 0 Å². The van der Waals surface area contributed by atoms with Crippen LogP contribution in [0.5, 0.6) is 5.75 Å². The minimum Gasteiger partial charge on any atom is -0.481 e. The van der Waals surface area contributed by atoms with Crippen LogP contribution >= 0.6 is 39.3 Å². The van der Waals surface area contributed by atoms with Crippen LogP contribution < -0.4 is 10.1 Å². The Hall–Kier alpha value is -3.35. The second kappa shape index (κ2) is 12.1. The minimum atomic E-state index is -1.18. The molecule has 188 valence electrons. The largest absolute Gasteiger partial charge is 0.481 e. The predicted octanol–water partition coefficient (Wildman–Crippen LogP) is 4.42. The number of halogens is 2. The number of imide groups is 1. The van der Waals surface area contributed by atoms with Gasteiger partial charge < -0.3 is 19.9 Å². The number of carboxylic acid groups (broad SMARTS) is 1. The zero-order valence-electron chi connectivity index (χ0n) is 18.6. The van der Waals surface area contributed by atoms with Gasteiger partial charge in [0.1, 0.15) is 12.3 Å². The average molecular weight is 598 g/mol. The highest BCUT2D eigenvalue weighted by atomic mass is 79.9. The number of nitrogens with zero attached hydrogens (tertiary/aromatic N) is 1. The molecule has 13 heteroatoms. The summed E-state index contributed by atoms with van der Waals surface area (Å²) in [5.74, 6) is -3.01. The molecule has 1 saturated heterocycles. The first-order valence-corrected chi connectivity index (χ1v) is 12.2. The van der Waals surface area contributed by atoms with Crippen molar-refractivity contribution < 1.29 is 38.6 Å². The molecule has 1 heterocycles. The third-order valence-corrected chi connectivity index (χ3v) is 6.26. The molecule has 3 rings (SSSR count). The molecule has 2 aromatic rings. The number of thioether (sulfide) groups is 1.